The number of ketones is 1. The fourth-order valence-electron chi connectivity index (χ4n) is 2.14. The summed E-state index contributed by atoms with van der Waals surface area (Å²) in [6, 6.07) is 0. The highest BCUT2D eigenvalue weighted by Crippen LogP contribution is 2.29. The molecule has 7 nitrogen and oxygen atoms in total. The Morgan fingerprint density at radius 1 is 1.42 bits per heavy atom. The molecule has 2 amide bonds. The summed E-state index contributed by atoms with van der Waals surface area (Å²) in [7, 11) is 0. The zero-order chi connectivity index (χ0) is 17.7. The van der Waals surface area contributed by atoms with Crippen LogP contribution in [-0.4, -0.2) is 48.0 Å². The van der Waals surface area contributed by atoms with Crippen LogP contribution in [0, 0.1) is 0 Å². The Kier molecular flexibility index (Phi) is 6.81. The molecule has 10 heteroatoms. The number of aromatic nitrogens is 2. The van der Waals surface area contributed by atoms with Crippen LogP contribution in [-0.2, 0) is 20.8 Å². The van der Waals surface area contributed by atoms with Crippen LogP contribution in [0.4, 0.5) is 5.13 Å². The molecule has 0 spiro atoms. The van der Waals surface area contributed by atoms with Gasteiger partial charge >= 0.3 is 0 Å². The molecule has 2 heterocycles. The molecule has 2 rings (SSSR count). The molecule has 0 aromatic carbocycles. The maximum Gasteiger partial charge on any atom is 0.241 e. The monoisotopic (exact) mass is 386 g/mol. The van der Waals surface area contributed by atoms with Crippen molar-refractivity contribution in [3.8, 4) is 0 Å². The SMILES string of the molecule is CCC1SC(=S)N(CCCC(=O)Nc2nc(CC(C)=O)ns2)C1=O. The van der Waals surface area contributed by atoms with Crippen LogP contribution in [0.25, 0.3) is 0 Å². The van der Waals surface area contributed by atoms with E-state index >= 15 is 0 Å². The number of thioether (sulfide) groups is 1. The molecular formula is C14H18N4O3S3. The minimum atomic E-state index is -0.196. The van der Waals surface area contributed by atoms with E-state index < -0.39 is 0 Å². The summed E-state index contributed by atoms with van der Waals surface area (Å²) in [5.41, 5.74) is 0. The molecule has 24 heavy (non-hydrogen) atoms. The van der Waals surface area contributed by atoms with Crippen molar-refractivity contribution in [3.63, 3.8) is 0 Å². The second-order valence-electron chi connectivity index (χ2n) is 5.32. The molecule has 0 saturated carbocycles. The third kappa shape index (κ3) is 5.05. The van der Waals surface area contributed by atoms with Crippen LogP contribution in [0.1, 0.15) is 38.9 Å². The van der Waals surface area contributed by atoms with Gasteiger partial charge in [-0.25, -0.2) is 4.98 Å². The number of carbonyl (C=O) groups excluding carboxylic acids is 3. The lowest BCUT2D eigenvalue weighted by Gasteiger charge is -2.14. The van der Waals surface area contributed by atoms with Gasteiger partial charge in [-0.3, -0.25) is 19.3 Å². The van der Waals surface area contributed by atoms with E-state index in [0.717, 1.165) is 18.0 Å². The van der Waals surface area contributed by atoms with Crippen molar-refractivity contribution >= 4 is 62.6 Å². The molecule has 1 aliphatic heterocycles. The first-order valence-electron chi connectivity index (χ1n) is 7.54. The summed E-state index contributed by atoms with van der Waals surface area (Å²) in [6.45, 7) is 3.86. The molecule has 1 atom stereocenters. The molecule has 1 fully saturated rings. The summed E-state index contributed by atoms with van der Waals surface area (Å²) >= 11 is 7.67. The third-order valence-corrected chi connectivity index (χ3v) is 5.70. The maximum absolute atomic E-state index is 12.1. The van der Waals surface area contributed by atoms with E-state index in [-0.39, 0.29) is 35.7 Å². The van der Waals surface area contributed by atoms with Crippen molar-refractivity contribution < 1.29 is 14.4 Å². The number of nitrogens with one attached hydrogen (secondary N) is 1. The van der Waals surface area contributed by atoms with Crippen LogP contribution >= 0.6 is 35.5 Å². The Labute approximate surface area is 153 Å². The summed E-state index contributed by atoms with van der Waals surface area (Å²) in [6.07, 6.45) is 1.70. The van der Waals surface area contributed by atoms with Gasteiger partial charge in [-0.2, -0.15) is 4.37 Å². The quantitative estimate of drug-likeness (QED) is 0.683. The van der Waals surface area contributed by atoms with Crippen molar-refractivity contribution in [2.75, 3.05) is 11.9 Å². The van der Waals surface area contributed by atoms with Gasteiger partial charge in [0.1, 0.15) is 10.1 Å². The Bertz CT molecular complexity index is 661. The average Bonchev–Trinajstić information content (AvgIpc) is 3.04. The standard InChI is InChI=1S/C14H18N4O3S3/c1-3-9-12(21)18(14(22)23-9)6-4-5-11(20)16-13-15-10(17-24-13)7-8(2)19/h9H,3-7H2,1-2H3,(H,15,16,17,20). The van der Waals surface area contributed by atoms with Crippen molar-refractivity contribution in [1.82, 2.24) is 14.3 Å². The van der Waals surface area contributed by atoms with Gasteiger partial charge in [0.15, 0.2) is 5.82 Å². The molecule has 0 aliphatic carbocycles. The predicted octanol–water partition coefficient (Wildman–Crippen LogP) is 2.03. The first-order valence-corrected chi connectivity index (χ1v) is 9.60. The van der Waals surface area contributed by atoms with E-state index in [9.17, 15) is 14.4 Å². The molecule has 1 N–H and O–H groups in total. The Morgan fingerprint density at radius 3 is 2.79 bits per heavy atom. The van der Waals surface area contributed by atoms with E-state index in [1.165, 1.54) is 18.7 Å². The Morgan fingerprint density at radius 2 is 2.17 bits per heavy atom. The minimum Gasteiger partial charge on any atom is -0.301 e. The number of anilines is 1. The second-order valence-corrected chi connectivity index (χ2v) is 7.91. The van der Waals surface area contributed by atoms with Gasteiger partial charge < -0.3 is 5.32 Å². The van der Waals surface area contributed by atoms with E-state index in [1.54, 1.807) is 4.90 Å². The van der Waals surface area contributed by atoms with E-state index in [2.05, 4.69) is 14.7 Å². The van der Waals surface area contributed by atoms with E-state index in [1.807, 2.05) is 6.92 Å². The van der Waals surface area contributed by atoms with E-state index in [0.29, 0.717) is 28.2 Å². The van der Waals surface area contributed by atoms with Gasteiger partial charge in [-0.15, -0.1) is 0 Å². The molecule has 130 valence electrons. The summed E-state index contributed by atoms with van der Waals surface area (Å²) in [5.74, 6) is 0.224. The van der Waals surface area contributed by atoms with E-state index in [4.69, 9.17) is 12.2 Å². The lowest BCUT2D eigenvalue weighted by molar-refractivity contribution is -0.126. The summed E-state index contributed by atoms with van der Waals surface area (Å²) in [4.78, 5) is 40.7. The van der Waals surface area contributed by atoms with Gasteiger partial charge in [-0.1, -0.05) is 30.9 Å². The van der Waals surface area contributed by atoms with Crippen LogP contribution in [0.2, 0.25) is 0 Å². The second kappa shape index (κ2) is 8.63. The fraction of sp³-hybridized carbons (Fsp3) is 0.571. The fourth-order valence-corrected chi connectivity index (χ4v) is 4.22. The van der Waals surface area contributed by atoms with Crippen molar-refractivity contribution in [1.29, 1.82) is 0 Å². The Hall–Kier alpha value is -1.39. The van der Waals surface area contributed by atoms with Crippen LogP contribution in [0.3, 0.4) is 0 Å². The highest BCUT2D eigenvalue weighted by atomic mass is 32.2. The van der Waals surface area contributed by atoms with Gasteiger partial charge in [0, 0.05) is 24.5 Å². The lowest BCUT2D eigenvalue weighted by atomic mass is 10.2. The number of nitrogens with zero attached hydrogens (tertiary/aromatic N) is 3. The zero-order valence-electron chi connectivity index (χ0n) is 13.4. The minimum absolute atomic E-state index is 0.0276. The first-order chi connectivity index (χ1) is 11.4. The van der Waals surface area contributed by atoms with Crippen molar-refractivity contribution in [2.45, 2.75) is 44.8 Å². The molecule has 1 aromatic heterocycles. The largest absolute Gasteiger partial charge is 0.301 e. The molecule has 0 bridgehead atoms. The number of hydrogen-bond acceptors (Lipinski definition) is 8. The molecule has 1 aromatic rings. The normalized spacial score (nSPS) is 17.4. The summed E-state index contributed by atoms with van der Waals surface area (Å²) in [5, 5.41) is 2.95. The Balaban J connectivity index is 1.75. The highest BCUT2D eigenvalue weighted by Gasteiger charge is 2.35. The smallest absolute Gasteiger partial charge is 0.241 e. The van der Waals surface area contributed by atoms with Crippen LogP contribution < -0.4 is 5.32 Å². The van der Waals surface area contributed by atoms with Gasteiger partial charge in [0.2, 0.25) is 16.9 Å². The van der Waals surface area contributed by atoms with Gasteiger partial charge in [0.05, 0.1) is 11.7 Å². The van der Waals surface area contributed by atoms with Crippen molar-refractivity contribution in [2.24, 2.45) is 0 Å². The summed E-state index contributed by atoms with van der Waals surface area (Å²) < 4.78 is 4.60. The van der Waals surface area contributed by atoms with Crippen LogP contribution in [0.5, 0.6) is 0 Å². The molecule has 0 radical (unpaired) electrons. The zero-order valence-corrected chi connectivity index (χ0v) is 15.9. The number of amides is 2. The molecular weight excluding hydrogens is 368 g/mol. The molecule has 1 aliphatic rings. The number of Topliss-reactive ketones (excluding diaryl/α,β-unsaturated/α-hetero) is 1. The number of rotatable bonds is 8. The average molecular weight is 387 g/mol. The lowest BCUT2D eigenvalue weighted by Crippen LogP contribution is -2.32. The van der Waals surface area contributed by atoms with Gasteiger partial charge in [0.25, 0.3) is 0 Å². The highest BCUT2D eigenvalue weighted by molar-refractivity contribution is 8.24. The molecule has 1 unspecified atom stereocenters. The van der Waals surface area contributed by atoms with Crippen molar-refractivity contribution in [3.05, 3.63) is 5.82 Å². The maximum atomic E-state index is 12.1. The number of thiocarbonyl (C=S) groups is 1. The predicted molar refractivity (Wildman–Crippen MR) is 98.1 cm³/mol. The first kappa shape index (κ1) is 18.9. The third-order valence-electron chi connectivity index (χ3n) is 3.28. The number of hydrogen-bond donors (Lipinski definition) is 1. The topological polar surface area (TPSA) is 92.3 Å². The van der Waals surface area contributed by atoms with Crippen LogP contribution in [0.15, 0.2) is 0 Å². The number of carbonyl (C=O) groups is 3. The van der Waals surface area contributed by atoms with Gasteiger partial charge in [-0.05, 0) is 19.8 Å². The molecule has 1 saturated heterocycles.